The minimum Gasteiger partial charge on any atom is -0.496 e. The first-order valence-corrected chi connectivity index (χ1v) is 5.93. The number of carbonyl (C=O) groups excluding carboxylic acids is 1. The van der Waals surface area contributed by atoms with Crippen molar-refractivity contribution in [3.05, 3.63) is 29.3 Å². The predicted octanol–water partition coefficient (Wildman–Crippen LogP) is 3.46. The summed E-state index contributed by atoms with van der Waals surface area (Å²) < 4.78 is 5.27. The van der Waals surface area contributed by atoms with Crippen molar-refractivity contribution < 1.29 is 9.53 Å². The quantitative estimate of drug-likeness (QED) is 0.794. The topological polar surface area (TPSA) is 26.3 Å². The predicted molar refractivity (Wildman–Crippen MR) is 64.9 cm³/mol. The van der Waals surface area contributed by atoms with Gasteiger partial charge in [-0.2, -0.15) is 0 Å². The van der Waals surface area contributed by atoms with Crippen LogP contribution in [0.5, 0.6) is 5.75 Å². The van der Waals surface area contributed by atoms with Crippen LogP contribution in [0.15, 0.2) is 18.2 Å². The highest BCUT2D eigenvalue weighted by Gasteiger charge is 2.18. The summed E-state index contributed by atoms with van der Waals surface area (Å²) in [5, 5.41) is 0. The van der Waals surface area contributed by atoms with Gasteiger partial charge in [-0.1, -0.05) is 34.1 Å². The summed E-state index contributed by atoms with van der Waals surface area (Å²) in [6, 6.07) is 5.61. The molecule has 0 saturated heterocycles. The number of rotatable bonds is 4. The fourth-order valence-electron chi connectivity index (χ4n) is 1.38. The number of ether oxygens (including phenoxy) is 1. The number of carbonyl (C=O) groups is 1. The summed E-state index contributed by atoms with van der Waals surface area (Å²) in [5.41, 5.74) is 1.71. The summed E-state index contributed by atoms with van der Waals surface area (Å²) in [6.45, 7) is 1.53. The molecule has 0 aromatic heterocycles. The third-order valence-corrected chi connectivity index (χ3v) is 3.53. The Morgan fingerprint density at radius 2 is 2.27 bits per heavy atom. The molecule has 0 aliphatic heterocycles. The first-order chi connectivity index (χ1) is 7.11. The van der Waals surface area contributed by atoms with Crippen molar-refractivity contribution in [2.24, 2.45) is 0 Å². The molecule has 0 aliphatic rings. The third-order valence-electron chi connectivity index (χ3n) is 2.11. The number of benzene rings is 1. The zero-order valence-electron chi connectivity index (χ0n) is 8.59. The molecule has 0 N–H and O–H groups in total. The first-order valence-electron chi connectivity index (χ1n) is 4.48. The van der Waals surface area contributed by atoms with Gasteiger partial charge in [0.15, 0.2) is 0 Å². The summed E-state index contributed by atoms with van der Waals surface area (Å²) in [5.74, 6) is 1.10. The second kappa shape index (κ2) is 5.52. The van der Waals surface area contributed by atoms with E-state index >= 15 is 0 Å². The number of hydrogen-bond donors (Lipinski definition) is 0. The maximum atomic E-state index is 11.3. The van der Waals surface area contributed by atoms with Gasteiger partial charge in [0, 0.05) is 11.1 Å². The SMILES string of the molecule is COc1c(CCl)cccc1C(Br)C(C)=O. The summed E-state index contributed by atoms with van der Waals surface area (Å²) in [6.07, 6.45) is 0. The molecule has 2 nitrogen and oxygen atoms in total. The van der Waals surface area contributed by atoms with Gasteiger partial charge in [0.25, 0.3) is 0 Å². The van der Waals surface area contributed by atoms with Gasteiger partial charge in [-0.15, -0.1) is 11.6 Å². The van der Waals surface area contributed by atoms with Crippen LogP contribution in [-0.4, -0.2) is 12.9 Å². The third kappa shape index (κ3) is 2.73. The highest BCUT2D eigenvalue weighted by Crippen LogP contribution is 2.34. The van der Waals surface area contributed by atoms with Gasteiger partial charge in [-0.3, -0.25) is 4.79 Å². The van der Waals surface area contributed by atoms with E-state index in [9.17, 15) is 4.79 Å². The zero-order chi connectivity index (χ0) is 11.4. The lowest BCUT2D eigenvalue weighted by Gasteiger charge is -2.14. The summed E-state index contributed by atoms with van der Waals surface area (Å²) in [4.78, 5) is 10.9. The Hall–Kier alpha value is -0.540. The van der Waals surface area contributed by atoms with E-state index in [1.165, 1.54) is 6.92 Å². The average molecular weight is 292 g/mol. The molecule has 4 heteroatoms. The Bertz CT molecular complexity index is 366. The van der Waals surface area contributed by atoms with Gasteiger partial charge in [0.1, 0.15) is 16.4 Å². The van der Waals surface area contributed by atoms with Crippen LogP contribution in [0.1, 0.15) is 22.9 Å². The van der Waals surface area contributed by atoms with E-state index in [0.29, 0.717) is 11.6 Å². The molecule has 1 aromatic rings. The fraction of sp³-hybridized carbons (Fsp3) is 0.364. The van der Waals surface area contributed by atoms with Crippen LogP contribution < -0.4 is 4.74 Å². The molecule has 1 rings (SSSR count). The Kier molecular flexibility index (Phi) is 4.61. The molecule has 0 amide bonds. The summed E-state index contributed by atoms with van der Waals surface area (Å²) in [7, 11) is 1.58. The van der Waals surface area contributed by atoms with E-state index in [1.807, 2.05) is 18.2 Å². The van der Waals surface area contributed by atoms with Crippen LogP contribution in [0.25, 0.3) is 0 Å². The largest absolute Gasteiger partial charge is 0.496 e. The molecule has 1 aromatic carbocycles. The lowest BCUT2D eigenvalue weighted by atomic mass is 10.0. The normalized spacial score (nSPS) is 12.3. The van der Waals surface area contributed by atoms with Gasteiger partial charge in [0.2, 0.25) is 0 Å². The van der Waals surface area contributed by atoms with Crippen molar-refractivity contribution in [2.75, 3.05) is 7.11 Å². The maximum absolute atomic E-state index is 11.3. The maximum Gasteiger partial charge on any atom is 0.147 e. The lowest BCUT2D eigenvalue weighted by Crippen LogP contribution is -2.04. The molecule has 82 valence electrons. The molecule has 15 heavy (non-hydrogen) atoms. The molecular weight excluding hydrogens is 279 g/mol. The minimum absolute atomic E-state index is 0.0417. The number of alkyl halides is 2. The van der Waals surface area contributed by atoms with Crippen molar-refractivity contribution in [1.82, 2.24) is 0 Å². The molecule has 0 fully saturated rings. The van der Waals surface area contributed by atoms with E-state index in [0.717, 1.165) is 11.1 Å². The van der Waals surface area contributed by atoms with Crippen LogP contribution in [0, 0.1) is 0 Å². The van der Waals surface area contributed by atoms with Gasteiger partial charge in [-0.05, 0) is 6.92 Å². The Morgan fingerprint density at radius 3 is 2.73 bits per heavy atom. The van der Waals surface area contributed by atoms with Crippen LogP contribution in [-0.2, 0) is 10.7 Å². The van der Waals surface area contributed by atoms with Gasteiger partial charge >= 0.3 is 0 Å². The van der Waals surface area contributed by atoms with E-state index in [4.69, 9.17) is 16.3 Å². The first kappa shape index (κ1) is 12.5. The van der Waals surface area contributed by atoms with Gasteiger partial charge < -0.3 is 4.74 Å². The van der Waals surface area contributed by atoms with Crippen molar-refractivity contribution in [3.8, 4) is 5.75 Å². The molecule has 1 unspecified atom stereocenters. The van der Waals surface area contributed by atoms with E-state index < -0.39 is 0 Å². The number of halogens is 2. The van der Waals surface area contributed by atoms with Gasteiger partial charge in [0.05, 0.1) is 13.0 Å². The second-order valence-electron chi connectivity index (χ2n) is 3.15. The zero-order valence-corrected chi connectivity index (χ0v) is 10.9. The monoisotopic (exact) mass is 290 g/mol. The van der Waals surface area contributed by atoms with Crippen LogP contribution >= 0.6 is 27.5 Å². The van der Waals surface area contributed by atoms with Crippen LogP contribution in [0.4, 0.5) is 0 Å². The van der Waals surface area contributed by atoms with Crippen molar-refractivity contribution >= 4 is 33.3 Å². The molecular formula is C11H12BrClO2. The number of hydrogen-bond acceptors (Lipinski definition) is 2. The molecule has 0 bridgehead atoms. The van der Waals surface area contributed by atoms with E-state index in [1.54, 1.807) is 7.11 Å². The minimum atomic E-state index is -0.337. The Balaban J connectivity index is 3.22. The van der Waals surface area contributed by atoms with Crippen LogP contribution in [0.3, 0.4) is 0 Å². The smallest absolute Gasteiger partial charge is 0.147 e. The lowest BCUT2D eigenvalue weighted by molar-refractivity contribution is -0.116. The van der Waals surface area contributed by atoms with Crippen molar-refractivity contribution in [1.29, 1.82) is 0 Å². The molecule has 0 spiro atoms. The number of ketones is 1. The van der Waals surface area contributed by atoms with Crippen molar-refractivity contribution in [3.63, 3.8) is 0 Å². The van der Waals surface area contributed by atoms with Gasteiger partial charge in [-0.25, -0.2) is 0 Å². The van der Waals surface area contributed by atoms with Crippen LogP contribution in [0.2, 0.25) is 0 Å². The number of para-hydroxylation sites is 1. The molecule has 1 atom stereocenters. The average Bonchev–Trinajstić information content (AvgIpc) is 2.26. The molecule has 0 aliphatic carbocycles. The summed E-state index contributed by atoms with van der Waals surface area (Å²) >= 11 is 9.12. The molecule has 0 radical (unpaired) electrons. The molecule has 0 saturated carbocycles. The molecule has 0 heterocycles. The fourth-order valence-corrected chi connectivity index (χ4v) is 1.95. The number of methoxy groups -OCH3 is 1. The highest BCUT2D eigenvalue weighted by atomic mass is 79.9. The van der Waals surface area contributed by atoms with Crippen molar-refractivity contribution in [2.45, 2.75) is 17.6 Å². The Morgan fingerprint density at radius 1 is 1.60 bits per heavy atom. The van der Waals surface area contributed by atoms with E-state index in [2.05, 4.69) is 15.9 Å². The second-order valence-corrected chi connectivity index (χ2v) is 4.33. The Labute approximate surface area is 103 Å². The highest BCUT2D eigenvalue weighted by molar-refractivity contribution is 9.09. The standard InChI is InChI=1S/C11H12BrClO2/c1-7(14)10(12)9-5-3-4-8(6-13)11(9)15-2/h3-5,10H,6H2,1-2H3. The van der Waals surface area contributed by atoms with E-state index in [-0.39, 0.29) is 10.6 Å². The number of Topliss-reactive ketones (excluding diaryl/α,β-unsaturated/α-hetero) is 1.